The van der Waals surface area contributed by atoms with Crippen molar-refractivity contribution in [2.75, 3.05) is 20.2 Å². The number of methoxy groups -OCH3 is 1. The molecule has 0 aliphatic carbocycles. The van der Waals surface area contributed by atoms with E-state index in [-0.39, 0.29) is 17.6 Å². The molecule has 2 rings (SSSR count). The standard InChI is InChI=1S/C14H18FNO2/c1-9(2)10-8-13(18-3)11(7-12(10)15)14(17)16-5-4-6-16/h7-9H,4-6H2,1-3H3. The van der Waals surface area contributed by atoms with Crippen molar-refractivity contribution in [2.24, 2.45) is 0 Å². The molecule has 0 unspecified atom stereocenters. The summed E-state index contributed by atoms with van der Waals surface area (Å²) in [4.78, 5) is 13.8. The van der Waals surface area contributed by atoms with Crippen molar-refractivity contribution in [1.29, 1.82) is 0 Å². The van der Waals surface area contributed by atoms with Crippen LogP contribution in [0.3, 0.4) is 0 Å². The normalized spacial score (nSPS) is 14.6. The molecule has 1 heterocycles. The highest BCUT2D eigenvalue weighted by atomic mass is 19.1. The molecule has 18 heavy (non-hydrogen) atoms. The largest absolute Gasteiger partial charge is 0.496 e. The van der Waals surface area contributed by atoms with Crippen LogP contribution in [0.15, 0.2) is 12.1 Å². The molecule has 4 heteroatoms. The Hall–Kier alpha value is -1.58. The van der Waals surface area contributed by atoms with Gasteiger partial charge in [-0.05, 0) is 30.0 Å². The zero-order valence-corrected chi connectivity index (χ0v) is 11.0. The van der Waals surface area contributed by atoms with E-state index in [1.807, 2.05) is 13.8 Å². The Bertz CT molecular complexity index is 467. The fraction of sp³-hybridized carbons (Fsp3) is 0.500. The van der Waals surface area contributed by atoms with E-state index in [9.17, 15) is 9.18 Å². The van der Waals surface area contributed by atoms with Crippen molar-refractivity contribution in [3.8, 4) is 5.75 Å². The Kier molecular flexibility index (Phi) is 3.55. The van der Waals surface area contributed by atoms with Gasteiger partial charge in [-0.15, -0.1) is 0 Å². The second-order valence-electron chi connectivity index (χ2n) is 4.87. The maximum absolute atomic E-state index is 13.9. The van der Waals surface area contributed by atoms with Gasteiger partial charge < -0.3 is 9.64 Å². The van der Waals surface area contributed by atoms with E-state index in [4.69, 9.17) is 4.74 Å². The highest BCUT2D eigenvalue weighted by molar-refractivity contribution is 5.97. The van der Waals surface area contributed by atoms with Gasteiger partial charge in [-0.1, -0.05) is 13.8 Å². The van der Waals surface area contributed by atoms with Gasteiger partial charge in [0.25, 0.3) is 5.91 Å². The molecule has 1 aliphatic heterocycles. The number of hydrogen-bond acceptors (Lipinski definition) is 2. The molecule has 0 spiro atoms. The first-order chi connectivity index (χ1) is 8.54. The van der Waals surface area contributed by atoms with Gasteiger partial charge in [0.1, 0.15) is 11.6 Å². The van der Waals surface area contributed by atoms with Crippen molar-refractivity contribution in [3.05, 3.63) is 29.1 Å². The number of carbonyl (C=O) groups is 1. The summed E-state index contributed by atoms with van der Waals surface area (Å²) >= 11 is 0. The average Bonchev–Trinajstić information content (AvgIpc) is 2.25. The Balaban J connectivity index is 2.40. The first-order valence-corrected chi connectivity index (χ1v) is 6.21. The van der Waals surface area contributed by atoms with Crippen LogP contribution < -0.4 is 4.74 Å². The van der Waals surface area contributed by atoms with Gasteiger partial charge in [0.2, 0.25) is 0 Å². The van der Waals surface area contributed by atoms with Gasteiger partial charge in [0, 0.05) is 13.1 Å². The Labute approximate surface area is 107 Å². The molecule has 0 atom stereocenters. The second-order valence-corrected chi connectivity index (χ2v) is 4.87. The van der Waals surface area contributed by atoms with E-state index in [2.05, 4.69) is 0 Å². The number of nitrogens with zero attached hydrogens (tertiary/aromatic N) is 1. The van der Waals surface area contributed by atoms with Gasteiger partial charge in [-0.3, -0.25) is 4.79 Å². The lowest BCUT2D eigenvalue weighted by atomic mass is 9.99. The minimum Gasteiger partial charge on any atom is -0.496 e. The smallest absolute Gasteiger partial charge is 0.257 e. The van der Waals surface area contributed by atoms with E-state index >= 15 is 0 Å². The molecule has 98 valence electrons. The van der Waals surface area contributed by atoms with Gasteiger partial charge >= 0.3 is 0 Å². The third-order valence-corrected chi connectivity index (χ3v) is 3.31. The molecule has 1 amide bonds. The average molecular weight is 251 g/mol. The lowest BCUT2D eigenvalue weighted by Crippen LogP contribution is -2.42. The lowest BCUT2D eigenvalue weighted by molar-refractivity contribution is 0.0648. The topological polar surface area (TPSA) is 29.5 Å². The Morgan fingerprint density at radius 1 is 1.39 bits per heavy atom. The number of halogens is 1. The molecular formula is C14H18FNO2. The molecule has 1 aromatic rings. The van der Waals surface area contributed by atoms with Crippen LogP contribution >= 0.6 is 0 Å². The second kappa shape index (κ2) is 4.96. The van der Waals surface area contributed by atoms with Crippen LogP contribution in [0.2, 0.25) is 0 Å². The molecule has 1 fully saturated rings. The summed E-state index contributed by atoms with van der Waals surface area (Å²) in [6.07, 6.45) is 1.01. The van der Waals surface area contributed by atoms with Crippen molar-refractivity contribution < 1.29 is 13.9 Å². The SMILES string of the molecule is COc1cc(C(C)C)c(F)cc1C(=O)N1CCC1. The van der Waals surface area contributed by atoms with E-state index in [0.717, 1.165) is 19.5 Å². The molecule has 1 saturated heterocycles. The van der Waals surface area contributed by atoms with Gasteiger partial charge in [-0.25, -0.2) is 4.39 Å². The third kappa shape index (κ3) is 2.19. The Morgan fingerprint density at radius 3 is 2.50 bits per heavy atom. The summed E-state index contributed by atoms with van der Waals surface area (Å²) in [6.45, 7) is 5.31. The zero-order valence-electron chi connectivity index (χ0n) is 11.0. The van der Waals surface area contributed by atoms with Gasteiger partial charge in [-0.2, -0.15) is 0 Å². The number of carbonyl (C=O) groups excluding carboxylic acids is 1. The lowest BCUT2D eigenvalue weighted by Gasteiger charge is -2.31. The van der Waals surface area contributed by atoms with Crippen LogP contribution in [0, 0.1) is 5.82 Å². The van der Waals surface area contributed by atoms with Crippen LogP contribution in [0.5, 0.6) is 5.75 Å². The van der Waals surface area contributed by atoms with Crippen molar-refractivity contribution >= 4 is 5.91 Å². The quantitative estimate of drug-likeness (QED) is 0.826. The molecule has 0 N–H and O–H groups in total. The number of rotatable bonds is 3. The first kappa shape index (κ1) is 12.9. The maximum Gasteiger partial charge on any atom is 0.257 e. The van der Waals surface area contributed by atoms with Crippen LogP contribution in [-0.4, -0.2) is 31.0 Å². The van der Waals surface area contributed by atoms with E-state index in [1.54, 1.807) is 11.0 Å². The van der Waals surface area contributed by atoms with Crippen molar-refractivity contribution in [2.45, 2.75) is 26.2 Å². The molecule has 3 nitrogen and oxygen atoms in total. The molecule has 0 aromatic heterocycles. The summed E-state index contributed by atoms with van der Waals surface area (Å²) in [5, 5.41) is 0. The molecule has 0 bridgehead atoms. The zero-order chi connectivity index (χ0) is 13.3. The van der Waals surface area contributed by atoms with Gasteiger partial charge in [0.15, 0.2) is 0 Å². The van der Waals surface area contributed by atoms with E-state index < -0.39 is 0 Å². The molecule has 0 radical (unpaired) electrons. The minimum absolute atomic E-state index is 0.0621. The predicted octanol–water partition coefficient (Wildman–Crippen LogP) is 2.80. The number of hydrogen-bond donors (Lipinski definition) is 0. The van der Waals surface area contributed by atoms with Crippen LogP contribution in [0.25, 0.3) is 0 Å². The van der Waals surface area contributed by atoms with Crippen molar-refractivity contribution in [1.82, 2.24) is 4.90 Å². The van der Waals surface area contributed by atoms with Crippen LogP contribution in [-0.2, 0) is 0 Å². The molecular weight excluding hydrogens is 233 g/mol. The summed E-state index contributed by atoms with van der Waals surface area (Å²) < 4.78 is 19.2. The summed E-state index contributed by atoms with van der Waals surface area (Å²) in [6, 6.07) is 2.93. The highest BCUT2D eigenvalue weighted by Crippen LogP contribution is 2.29. The highest BCUT2D eigenvalue weighted by Gasteiger charge is 2.25. The van der Waals surface area contributed by atoms with Crippen LogP contribution in [0.1, 0.15) is 42.1 Å². The summed E-state index contributed by atoms with van der Waals surface area (Å²) in [7, 11) is 1.50. The molecule has 1 aliphatic rings. The fourth-order valence-corrected chi connectivity index (χ4v) is 2.04. The Morgan fingerprint density at radius 2 is 2.06 bits per heavy atom. The summed E-state index contributed by atoms with van der Waals surface area (Å²) in [5.74, 6) is 0.0334. The first-order valence-electron chi connectivity index (χ1n) is 6.21. The van der Waals surface area contributed by atoms with Crippen molar-refractivity contribution in [3.63, 3.8) is 0 Å². The molecule has 1 aromatic carbocycles. The van der Waals surface area contributed by atoms with E-state index in [1.165, 1.54) is 13.2 Å². The number of likely N-dealkylation sites (tertiary alicyclic amines) is 1. The van der Waals surface area contributed by atoms with Crippen LogP contribution in [0.4, 0.5) is 4.39 Å². The molecule has 0 saturated carbocycles. The third-order valence-electron chi connectivity index (χ3n) is 3.31. The maximum atomic E-state index is 13.9. The monoisotopic (exact) mass is 251 g/mol. The minimum atomic E-state index is -0.338. The number of benzene rings is 1. The van der Waals surface area contributed by atoms with E-state index in [0.29, 0.717) is 16.9 Å². The number of amides is 1. The summed E-state index contributed by atoms with van der Waals surface area (Å²) in [5.41, 5.74) is 0.895. The number of ether oxygens (including phenoxy) is 1. The predicted molar refractivity (Wildman–Crippen MR) is 67.6 cm³/mol. The van der Waals surface area contributed by atoms with Gasteiger partial charge in [0.05, 0.1) is 12.7 Å². The fourth-order valence-electron chi connectivity index (χ4n) is 2.04.